The topological polar surface area (TPSA) is 155 Å². The van der Waals surface area contributed by atoms with E-state index >= 15 is 0 Å². The monoisotopic (exact) mass is 1320 g/mol. The molecule has 0 aliphatic carbocycles. The summed E-state index contributed by atoms with van der Waals surface area (Å²) in [6.45, 7) is 0. The molecule has 0 spiro atoms. The quantitative estimate of drug-likeness (QED) is 0.113. The molecule has 0 amide bonds. The van der Waals surface area contributed by atoms with Crippen LogP contribution in [0.5, 0.6) is 0 Å². The molecule has 0 unspecified atom stereocenters. The molecule has 6 aromatic heterocycles. The molecular weight excluding hydrogens is 1270 g/mol. The number of hydrogen-bond donors (Lipinski definition) is 0. The third kappa shape index (κ3) is 11.4. The first kappa shape index (κ1) is 59.4. The lowest BCUT2D eigenvalue weighted by atomic mass is 9.96. The van der Waals surface area contributed by atoms with Gasteiger partial charge in [-0.25, -0.2) is 39.9 Å². The highest BCUT2D eigenvalue weighted by atomic mass is 32.1. The van der Waals surface area contributed by atoms with Crippen molar-refractivity contribution in [3.8, 4) is 124 Å². The third-order valence-corrected chi connectivity index (χ3v) is 19.1. The predicted octanol–water partition coefficient (Wildman–Crippen LogP) is 21.5. The Balaban J connectivity index is 0.000000145. The van der Waals surface area contributed by atoms with Crippen molar-refractivity contribution in [1.29, 1.82) is 0 Å². The number of benzene rings is 13. The van der Waals surface area contributed by atoms with E-state index < -0.39 is 0 Å². The Morgan fingerprint density at radius 1 is 0.170 bits per heavy atom. The van der Waals surface area contributed by atoms with Crippen LogP contribution in [0.1, 0.15) is 0 Å². The molecule has 13 aromatic carbocycles. The van der Waals surface area contributed by atoms with Crippen molar-refractivity contribution in [2.75, 3.05) is 0 Å². The lowest BCUT2D eigenvalue weighted by Gasteiger charge is -2.12. The molecule has 0 N–H and O–H groups in total. The molecule has 0 fully saturated rings. The minimum atomic E-state index is 0.609. The molecule has 6 heterocycles. The average molecular weight is 1320 g/mol. The Labute approximate surface area is 582 Å². The van der Waals surface area contributed by atoms with Gasteiger partial charge in [-0.2, -0.15) is 17.5 Å². The molecule has 0 aliphatic rings. The minimum absolute atomic E-state index is 0.609. The fourth-order valence-corrected chi connectivity index (χ4v) is 14.2. The van der Waals surface area contributed by atoms with Crippen molar-refractivity contribution in [1.82, 2.24) is 57.4 Å². The summed E-state index contributed by atoms with van der Waals surface area (Å²) in [4.78, 5) is 40.2. The molecule has 12 nitrogen and oxygen atoms in total. The first-order chi connectivity index (χ1) is 49.5. The molecular formula is C86H52N12S2. The van der Waals surface area contributed by atoms with Crippen LogP contribution in [0, 0.1) is 0 Å². The van der Waals surface area contributed by atoms with Crippen LogP contribution in [0.25, 0.3) is 190 Å². The smallest absolute Gasteiger partial charge is 0.164 e. The third-order valence-electron chi connectivity index (χ3n) is 18.0. The summed E-state index contributed by atoms with van der Waals surface area (Å²) in [6, 6.07) is 108. The van der Waals surface area contributed by atoms with E-state index in [-0.39, 0.29) is 0 Å². The first-order valence-corrected chi connectivity index (χ1v) is 34.1. The standard InChI is InChI=1S/C46H28N6S.C40H24N6S/c1-4-11-29(12-5-1)30-19-21-33(22-20-30)45-48-44(32-15-8-3-9-16-32)49-46(50-45)36-18-10-17-34(27-36)35-23-24-37-40(28-35)47-42(31-13-6-2-7-14-31)38-25-26-39-43(41(37)38)52-53-51-39;1-4-11-25(12-5-1)36-32-21-22-33-37(46-47-45-33)35(32)31-20-19-29(24-34(31)41-36)28-17-10-18-30(23-28)40-43-38(26-13-6-2-7-14-26)42-39(44-40)27-15-8-3-9-16-27/h1-28H;1-24H. The maximum absolute atomic E-state index is 5.27. The van der Waals surface area contributed by atoms with E-state index in [2.05, 4.69) is 179 Å². The van der Waals surface area contributed by atoms with Crippen LogP contribution < -0.4 is 0 Å². The van der Waals surface area contributed by atoms with Crippen LogP contribution in [0.15, 0.2) is 315 Å². The molecule has 14 heteroatoms. The van der Waals surface area contributed by atoms with Gasteiger partial charge in [0.1, 0.15) is 22.1 Å². The first-order valence-electron chi connectivity index (χ1n) is 32.7. The normalized spacial score (nSPS) is 11.4. The zero-order valence-corrected chi connectivity index (χ0v) is 54.8. The summed E-state index contributed by atoms with van der Waals surface area (Å²) in [5.41, 5.74) is 21.4. The second kappa shape index (κ2) is 25.8. The van der Waals surface area contributed by atoms with Gasteiger partial charge in [0.15, 0.2) is 34.9 Å². The van der Waals surface area contributed by atoms with Gasteiger partial charge in [-0.1, -0.05) is 267 Å². The molecule has 0 atom stereocenters. The van der Waals surface area contributed by atoms with E-state index in [4.69, 9.17) is 48.6 Å². The summed E-state index contributed by atoms with van der Waals surface area (Å²) in [5, 5.41) is 6.38. The van der Waals surface area contributed by atoms with E-state index in [0.717, 1.165) is 149 Å². The number of fused-ring (bicyclic) bond motifs is 10. The minimum Gasteiger partial charge on any atom is -0.247 e. The largest absolute Gasteiger partial charge is 0.247 e. The summed E-state index contributed by atoms with van der Waals surface area (Å²) < 4.78 is 18.5. The van der Waals surface area contributed by atoms with Crippen LogP contribution in [0.4, 0.5) is 0 Å². The van der Waals surface area contributed by atoms with Crippen molar-refractivity contribution >= 4 is 88.9 Å². The summed E-state index contributed by atoms with van der Waals surface area (Å²) >= 11 is 2.48. The van der Waals surface area contributed by atoms with E-state index in [0.29, 0.717) is 34.9 Å². The second-order valence-corrected chi connectivity index (χ2v) is 25.2. The van der Waals surface area contributed by atoms with Crippen molar-refractivity contribution in [2.24, 2.45) is 0 Å². The predicted molar refractivity (Wildman–Crippen MR) is 407 cm³/mol. The SMILES string of the molecule is c1ccc(-c2ccc(-c3nc(-c4ccccc4)nc(-c4cccc(-c5ccc6c(c5)nc(-c5ccccc5)c5ccc7nsnc7c56)c4)n3)cc2)cc1.c1ccc(-c2nc(-c3ccccc3)nc(-c3cccc(-c4ccc5c(c4)nc(-c4ccccc4)c4ccc6nsnc6c45)c3)n2)cc1. The van der Waals surface area contributed by atoms with Crippen molar-refractivity contribution in [3.63, 3.8) is 0 Å². The highest BCUT2D eigenvalue weighted by Crippen LogP contribution is 2.41. The summed E-state index contributed by atoms with van der Waals surface area (Å²) in [5.74, 6) is 3.75. The zero-order valence-electron chi connectivity index (χ0n) is 53.2. The van der Waals surface area contributed by atoms with Gasteiger partial charge in [-0.3, -0.25) is 0 Å². The molecule has 100 heavy (non-hydrogen) atoms. The molecule has 0 aliphatic heterocycles. The Kier molecular flexibility index (Phi) is 15.3. The Bertz CT molecular complexity index is 6210. The van der Waals surface area contributed by atoms with E-state index in [1.165, 1.54) is 29.0 Å². The molecule has 19 rings (SSSR count). The molecule has 0 saturated carbocycles. The molecule has 0 radical (unpaired) electrons. The van der Waals surface area contributed by atoms with Gasteiger partial charge in [-0.05, 0) is 81.9 Å². The van der Waals surface area contributed by atoms with Crippen molar-refractivity contribution in [2.45, 2.75) is 0 Å². The van der Waals surface area contributed by atoms with Gasteiger partial charge in [0.2, 0.25) is 0 Å². The fraction of sp³-hybridized carbons (Fsp3) is 0. The van der Waals surface area contributed by atoms with Crippen molar-refractivity contribution < 1.29 is 0 Å². The van der Waals surface area contributed by atoms with Gasteiger partial charge < -0.3 is 0 Å². The van der Waals surface area contributed by atoms with Gasteiger partial charge >= 0.3 is 0 Å². The average Bonchev–Trinajstić information content (AvgIpc) is 1.21. The van der Waals surface area contributed by atoms with Crippen molar-refractivity contribution in [3.05, 3.63) is 315 Å². The zero-order chi connectivity index (χ0) is 66.3. The molecule has 468 valence electrons. The maximum Gasteiger partial charge on any atom is 0.164 e. The molecule has 0 saturated heterocycles. The number of hydrogen-bond acceptors (Lipinski definition) is 14. The summed E-state index contributed by atoms with van der Waals surface area (Å²) in [6.07, 6.45) is 0. The van der Waals surface area contributed by atoms with E-state index in [9.17, 15) is 0 Å². The van der Waals surface area contributed by atoms with Gasteiger partial charge in [0.25, 0.3) is 0 Å². The Morgan fingerprint density at radius 2 is 0.440 bits per heavy atom. The highest BCUT2D eigenvalue weighted by molar-refractivity contribution is 7.00. The van der Waals surface area contributed by atoms with Crippen LogP contribution in [0.2, 0.25) is 0 Å². The fourth-order valence-electron chi connectivity index (χ4n) is 13.1. The number of pyridine rings is 2. The lowest BCUT2D eigenvalue weighted by Crippen LogP contribution is -2.00. The number of nitrogens with zero attached hydrogens (tertiary/aromatic N) is 12. The second-order valence-electron chi connectivity index (χ2n) is 24.2. The molecule has 0 bridgehead atoms. The maximum atomic E-state index is 5.27. The lowest BCUT2D eigenvalue weighted by molar-refractivity contribution is 1.07. The highest BCUT2D eigenvalue weighted by Gasteiger charge is 2.21. The number of aromatic nitrogens is 12. The molecule has 19 aromatic rings. The Morgan fingerprint density at radius 3 is 0.820 bits per heavy atom. The van der Waals surface area contributed by atoms with E-state index in [1.54, 1.807) is 0 Å². The van der Waals surface area contributed by atoms with Crippen LogP contribution in [-0.4, -0.2) is 57.4 Å². The summed E-state index contributed by atoms with van der Waals surface area (Å²) in [7, 11) is 0. The van der Waals surface area contributed by atoms with Gasteiger partial charge in [-0.15, -0.1) is 0 Å². The number of rotatable bonds is 11. The van der Waals surface area contributed by atoms with Crippen LogP contribution in [-0.2, 0) is 0 Å². The van der Waals surface area contributed by atoms with Crippen LogP contribution in [0.3, 0.4) is 0 Å². The van der Waals surface area contributed by atoms with Gasteiger partial charge in [0.05, 0.1) is 45.9 Å². The Hall–Kier alpha value is -13.1. The van der Waals surface area contributed by atoms with E-state index in [1.807, 2.05) is 146 Å². The van der Waals surface area contributed by atoms with Crippen LogP contribution >= 0.6 is 23.5 Å². The van der Waals surface area contributed by atoms with Gasteiger partial charge in [0, 0.05) is 76.8 Å².